The Morgan fingerprint density at radius 2 is 2.00 bits per heavy atom. The number of nitrogens with zero attached hydrogens (tertiary/aromatic N) is 1. The van der Waals surface area contributed by atoms with Crippen molar-refractivity contribution in [3.05, 3.63) is 0 Å². The van der Waals surface area contributed by atoms with Crippen LogP contribution in [0.1, 0.15) is 6.42 Å². The standard InChI is InChI=1S/C5H14N2O2/c1-7(2)9-5-3-4-8-6/h3-6H2,1-2H3. The van der Waals surface area contributed by atoms with Crippen LogP contribution < -0.4 is 5.90 Å². The van der Waals surface area contributed by atoms with Crippen molar-refractivity contribution in [2.75, 3.05) is 27.3 Å². The summed E-state index contributed by atoms with van der Waals surface area (Å²) in [6, 6.07) is 0. The Morgan fingerprint density at radius 3 is 2.44 bits per heavy atom. The lowest BCUT2D eigenvalue weighted by atomic mass is 10.5. The van der Waals surface area contributed by atoms with Gasteiger partial charge in [0.2, 0.25) is 0 Å². The van der Waals surface area contributed by atoms with Crippen LogP contribution in [-0.4, -0.2) is 32.4 Å². The predicted molar refractivity (Wildman–Crippen MR) is 34.4 cm³/mol. The van der Waals surface area contributed by atoms with Gasteiger partial charge in [0.15, 0.2) is 0 Å². The molecule has 0 bridgehead atoms. The maximum absolute atomic E-state index is 5.04. The Morgan fingerprint density at radius 1 is 1.33 bits per heavy atom. The monoisotopic (exact) mass is 134 g/mol. The minimum atomic E-state index is 0.549. The summed E-state index contributed by atoms with van der Waals surface area (Å²) in [6.45, 7) is 1.21. The lowest BCUT2D eigenvalue weighted by Gasteiger charge is -2.08. The van der Waals surface area contributed by atoms with Crippen LogP contribution in [0.5, 0.6) is 0 Å². The van der Waals surface area contributed by atoms with Crippen LogP contribution in [-0.2, 0) is 9.68 Å². The van der Waals surface area contributed by atoms with Crippen molar-refractivity contribution in [2.24, 2.45) is 5.90 Å². The molecule has 0 saturated carbocycles. The second-order valence-corrected chi connectivity index (χ2v) is 1.87. The van der Waals surface area contributed by atoms with Crippen molar-refractivity contribution in [3.8, 4) is 0 Å². The van der Waals surface area contributed by atoms with Gasteiger partial charge in [-0.3, -0.25) is 4.84 Å². The molecule has 0 atom stereocenters. The topological polar surface area (TPSA) is 47.7 Å². The summed E-state index contributed by atoms with van der Waals surface area (Å²) in [5.41, 5.74) is 0. The van der Waals surface area contributed by atoms with E-state index in [4.69, 9.17) is 10.7 Å². The number of rotatable bonds is 5. The van der Waals surface area contributed by atoms with E-state index in [-0.39, 0.29) is 0 Å². The molecule has 4 nitrogen and oxygen atoms in total. The van der Waals surface area contributed by atoms with Gasteiger partial charge in [-0.15, -0.1) is 0 Å². The fourth-order valence-electron chi connectivity index (χ4n) is 0.389. The van der Waals surface area contributed by atoms with E-state index in [9.17, 15) is 0 Å². The molecule has 0 saturated heterocycles. The summed E-state index contributed by atoms with van der Waals surface area (Å²) in [7, 11) is 3.67. The molecule has 4 heteroatoms. The van der Waals surface area contributed by atoms with E-state index in [2.05, 4.69) is 4.84 Å². The first-order chi connectivity index (χ1) is 4.27. The van der Waals surface area contributed by atoms with Gasteiger partial charge in [0.1, 0.15) is 0 Å². The van der Waals surface area contributed by atoms with Gasteiger partial charge in [-0.05, 0) is 6.42 Å². The molecule has 0 aromatic carbocycles. The van der Waals surface area contributed by atoms with Crippen LogP contribution in [0.15, 0.2) is 0 Å². The van der Waals surface area contributed by atoms with E-state index in [1.54, 1.807) is 5.06 Å². The summed E-state index contributed by atoms with van der Waals surface area (Å²) >= 11 is 0. The minimum Gasteiger partial charge on any atom is -0.305 e. The van der Waals surface area contributed by atoms with Gasteiger partial charge in [-0.1, -0.05) is 0 Å². The average Bonchev–Trinajstić information content (AvgIpc) is 1.80. The van der Waals surface area contributed by atoms with Gasteiger partial charge >= 0.3 is 0 Å². The molecular formula is C5H14N2O2. The minimum absolute atomic E-state index is 0.549. The van der Waals surface area contributed by atoms with Gasteiger partial charge in [-0.25, -0.2) is 5.90 Å². The molecule has 0 heterocycles. The molecular weight excluding hydrogens is 120 g/mol. The van der Waals surface area contributed by atoms with Gasteiger partial charge in [0, 0.05) is 14.1 Å². The molecule has 0 spiro atoms. The molecule has 9 heavy (non-hydrogen) atoms. The lowest BCUT2D eigenvalue weighted by molar-refractivity contribution is -0.123. The van der Waals surface area contributed by atoms with E-state index in [0.29, 0.717) is 13.2 Å². The summed E-state index contributed by atoms with van der Waals surface area (Å²) in [6.07, 6.45) is 0.828. The molecule has 0 aliphatic heterocycles. The van der Waals surface area contributed by atoms with Crippen molar-refractivity contribution in [3.63, 3.8) is 0 Å². The first-order valence-corrected chi connectivity index (χ1v) is 2.89. The Hall–Kier alpha value is -0.160. The SMILES string of the molecule is CN(C)OCCCON. The van der Waals surface area contributed by atoms with Crippen molar-refractivity contribution in [2.45, 2.75) is 6.42 Å². The molecule has 0 amide bonds. The highest BCUT2D eigenvalue weighted by Gasteiger charge is 1.88. The molecule has 0 aliphatic rings. The largest absolute Gasteiger partial charge is 0.305 e. The average molecular weight is 134 g/mol. The smallest absolute Gasteiger partial charge is 0.0707 e. The van der Waals surface area contributed by atoms with E-state index < -0.39 is 0 Å². The lowest BCUT2D eigenvalue weighted by Crippen LogP contribution is -2.14. The molecule has 0 rings (SSSR count). The third kappa shape index (κ3) is 7.84. The summed E-state index contributed by atoms with van der Waals surface area (Å²) in [5.74, 6) is 4.78. The van der Waals surface area contributed by atoms with Crippen molar-refractivity contribution >= 4 is 0 Å². The predicted octanol–water partition coefficient (Wildman–Crippen LogP) is -0.240. The Bertz CT molecular complexity index is 58.9. The van der Waals surface area contributed by atoms with Crippen LogP contribution in [0.2, 0.25) is 0 Å². The fraction of sp³-hybridized carbons (Fsp3) is 1.00. The molecule has 0 aliphatic carbocycles. The molecule has 56 valence electrons. The molecule has 0 radical (unpaired) electrons. The van der Waals surface area contributed by atoms with E-state index in [1.165, 1.54) is 0 Å². The zero-order valence-corrected chi connectivity index (χ0v) is 5.96. The second-order valence-electron chi connectivity index (χ2n) is 1.87. The van der Waals surface area contributed by atoms with Crippen LogP contribution in [0, 0.1) is 0 Å². The van der Waals surface area contributed by atoms with Crippen molar-refractivity contribution < 1.29 is 9.68 Å². The number of nitrogens with two attached hydrogens (primary N) is 1. The summed E-state index contributed by atoms with van der Waals surface area (Å²) in [4.78, 5) is 9.37. The third-order valence-corrected chi connectivity index (χ3v) is 0.756. The normalized spacial score (nSPS) is 10.7. The van der Waals surface area contributed by atoms with Gasteiger partial charge < -0.3 is 4.84 Å². The van der Waals surface area contributed by atoms with Crippen LogP contribution in [0.4, 0.5) is 0 Å². The molecule has 0 fully saturated rings. The van der Waals surface area contributed by atoms with Crippen LogP contribution >= 0.6 is 0 Å². The maximum Gasteiger partial charge on any atom is 0.0707 e. The number of hydroxylamine groups is 2. The highest BCUT2D eigenvalue weighted by Crippen LogP contribution is 1.83. The van der Waals surface area contributed by atoms with Gasteiger partial charge in [0.25, 0.3) is 0 Å². The van der Waals surface area contributed by atoms with Crippen molar-refractivity contribution in [1.29, 1.82) is 0 Å². The Balaban J connectivity index is 2.75. The summed E-state index contributed by atoms with van der Waals surface area (Å²) < 4.78 is 0. The first kappa shape index (κ1) is 8.84. The highest BCUT2D eigenvalue weighted by atomic mass is 16.7. The fourth-order valence-corrected chi connectivity index (χ4v) is 0.389. The zero-order chi connectivity index (χ0) is 7.11. The Labute approximate surface area is 55.4 Å². The number of hydrogen-bond donors (Lipinski definition) is 1. The van der Waals surface area contributed by atoms with E-state index in [1.807, 2.05) is 14.1 Å². The number of hydrogen-bond acceptors (Lipinski definition) is 4. The molecule has 2 N–H and O–H groups in total. The second kappa shape index (κ2) is 5.97. The first-order valence-electron chi connectivity index (χ1n) is 2.89. The quantitative estimate of drug-likeness (QED) is 0.416. The molecule has 0 unspecified atom stereocenters. The molecule has 0 aromatic rings. The highest BCUT2D eigenvalue weighted by molar-refractivity contribution is 4.28. The Kier molecular flexibility index (Phi) is 5.86. The van der Waals surface area contributed by atoms with Gasteiger partial charge in [0.05, 0.1) is 13.2 Å². The maximum atomic E-state index is 5.04. The van der Waals surface area contributed by atoms with Crippen LogP contribution in [0.25, 0.3) is 0 Å². The third-order valence-electron chi connectivity index (χ3n) is 0.756. The zero-order valence-electron chi connectivity index (χ0n) is 5.96. The van der Waals surface area contributed by atoms with Gasteiger partial charge in [-0.2, -0.15) is 5.06 Å². The summed E-state index contributed by atoms with van der Waals surface area (Å²) in [5, 5.41) is 1.65. The molecule has 0 aromatic heterocycles. The van der Waals surface area contributed by atoms with Crippen molar-refractivity contribution in [1.82, 2.24) is 5.06 Å². The van der Waals surface area contributed by atoms with E-state index in [0.717, 1.165) is 6.42 Å². The van der Waals surface area contributed by atoms with Crippen LogP contribution in [0.3, 0.4) is 0 Å². The van der Waals surface area contributed by atoms with E-state index >= 15 is 0 Å².